The molecule has 1 aliphatic heterocycles. The van der Waals surface area contributed by atoms with E-state index >= 15 is 0 Å². The van der Waals surface area contributed by atoms with Gasteiger partial charge < -0.3 is 25.5 Å². The van der Waals surface area contributed by atoms with Crippen molar-refractivity contribution in [2.45, 2.75) is 19.8 Å². The quantitative estimate of drug-likeness (QED) is 0.659. The molecule has 0 radical (unpaired) electrons. The Balaban J connectivity index is 1.92. The number of amides is 2. The SMILES string of the molecule is CC(=O)NCC(=O)Nc1cc2[nH]c(=O)[nH]c2cc1N1CCCC1. The molecule has 4 N–H and O–H groups in total. The molecule has 1 fully saturated rings. The van der Waals surface area contributed by atoms with Crippen molar-refractivity contribution in [1.29, 1.82) is 0 Å². The first-order valence-corrected chi connectivity index (χ1v) is 7.58. The first-order valence-electron chi connectivity index (χ1n) is 7.58. The van der Waals surface area contributed by atoms with E-state index in [-0.39, 0.29) is 24.0 Å². The molecular weight excluding hydrogens is 298 g/mol. The highest BCUT2D eigenvalue weighted by atomic mass is 16.2. The normalized spacial score (nSPS) is 14.2. The Morgan fingerprint density at radius 2 is 1.83 bits per heavy atom. The van der Waals surface area contributed by atoms with Crippen LogP contribution in [-0.4, -0.2) is 41.4 Å². The van der Waals surface area contributed by atoms with E-state index in [1.165, 1.54) is 6.92 Å². The minimum absolute atomic E-state index is 0.0868. The second kappa shape index (κ2) is 6.15. The Morgan fingerprint density at radius 1 is 1.17 bits per heavy atom. The molecule has 0 spiro atoms. The number of aromatic amines is 2. The zero-order valence-corrected chi connectivity index (χ0v) is 12.9. The molecule has 0 atom stereocenters. The molecule has 0 bridgehead atoms. The lowest BCUT2D eigenvalue weighted by Gasteiger charge is -2.21. The first-order chi connectivity index (χ1) is 11.0. The van der Waals surface area contributed by atoms with Crippen molar-refractivity contribution in [2.75, 3.05) is 29.9 Å². The number of benzene rings is 1. The van der Waals surface area contributed by atoms with Crippen molar-refractivity contribution in [3.05, 3.63) is 22.6 Å². The number of rotatable bonds is 4. The summed E-state index contributed by atoms with van der Waals surface area (Å²) in [5, 5.41) is 5.28. The molecular formula is C15H19N5O3. The van der Waals surface area contributed by atoms with E-state index in [0.717, 1.165) is 31.6 Å². The summed E-state index contributed by atoms with van der Waals surface area (Å²) in [6.07, 6.45) is 2.20. The monoisotopic (exact) mass is 317 g/mol. The van der Waals surface area contributed by atoms with Gasteiger partial charge in [-0.05, 0) is 25.0 Å². The van der Waals surface area contributed by atoms with E-state index in [1.807, 2.05) is 6.07 Å². The molecule has 0 aliphatic carbocycles. The number of anilines is 2. The molecule has 8 nitrogen and oxygen atoms in total. The van der Waals surface area contributed by atoms with Gasteiger partial charge in [-0.25, -0.2) is 4.79 Å². The molecule has 8 heteroatoms. The highest BCUT2D eigenvalue weighted by molar-refractivity contribution is 6.00. The Morgan fingerprint density at radius 3 is 2.48 bits per heavy atom. The first kappa shape index (κ1) is 15.1. The summed E-state index contributed by atoms with van der Waals surface area (Å²) in [6, 6.07) is 3.61. The van der Waals surface area contributed by atoms with Crippen LogP contribution >= 0.6 is 0 Å². The van der Waals surface area contributed by atoms with Crippen LogP contribution in [0.25, 0.3) is 11.0 Å². The fourth-order valence-corrected chi connectivity index (χ4v) is 2.79. The summed E-state index contributed by atoms with van der Waals surface area (Å²) in [4.78, 5) is 42.0. The van der Waals surface area contributed by atoms with Crippen molar-refractivity contribution >= 4 is 34.2 Å². The summed E-state index contributed by atoms with van der Waals surface area (Å²) in [5.74, 6) is -0.566. The van der Waals surface area contributed by atoms with Crippen molar-refractivity contribution in [1.82, 2.24) is 15.3 Å². The third-order valence-electron chi connectivity index (χ3n) is 3.85. The summed E-state index contributed by atoms with van der Waals surface area (Å²) >= 11 is 0. The minimum atomic E-state index is -0.308. The van der Waals surface area contributed by atoms with Crippen molar-refractivity contribution in [3.8, 4) is 0 Å². The number of aromatic nitrogens is 2. The number of H-pyrrole nitrogens is 2. The maximum Gasteiger partial charge on any atom is 0.323 e. The van der Waals surface area contributed by atoms with E-state index in [1.54, 1.807) is 6.07 Å². The molecule has 3 rings (SSSR count). The third-order valence-corrected chi connectivity index (χ3v) is 3.85. The average molecular weight is 317 g/mol. The lowest BCUT2D eigenvalue weighted by atomic mass is 10.2. The van der Waals surface area contributed by atoms with Gasteiger partial charge in [-0.1, -0.05) is 0 Å². The average Bonchev–Trinajstić information content (AvgIpc) is 3.12. The fraction of sp³-hybridized carbons (Fsp3) is 0.400. The van der Waals surface area contributed by atoms with Crippen LogP contribution in [-0.2, 0) is 9.59 Å². The molecule has 1 aliphatic rings. The van der Waals surface area contributed by atoms with Gasteiger partial charge in [-0.3, -0.25) is 9.59 Å². The second-order valence-corrected chi connectivity index (χ2v) is 5.65. The minimum Gasteiger partial charge on any atom is -0.370 e. The Hall–Kier alpha value is -2.77. The molecule has 1 saturated heterocycles. The van der Waals surface area contributed by atoms with Crippen LogP contribution < -0.4 is 21.2 Å². The topological polar surface area (TPSA) is 110 Å². The maximum absolute atomic E-state index is 12.0. The number of hydrogen-bond donors (Lipinski definition) is 4. The van der Waals surface area contributed by atoms with Crippen LogP contribution in [0.4, 0.5) is 11.4 Å². The van der Waals surface area contributed by atoms with Gasteiger partial charge in [0.1, 0.15) is 0 Å². The van der Waals surface area contributed by atoms with Gasteiger partial charge in [0.25, 0.3) is 0 Å². The van der Waals surface area contributed by atoms with Gasteiger partial charge in [0.2, 0.25) is 11.8 Å². The van der Waals surface area contributed by atoms with E-state index in [0.29, 0.717) is 16.7 Å². The molecule has 1 aromatic heterocycles. The number of imidazole rings is 1. The van der Waals surface area contributed by atoms with Crippen LogP contribution in [0, 0.1) is 0 Å². The molecule has 0 unspecified atom stereocenters. The standard InChI is InChI=1S/C15H19N5O3/c1-9(21)16-8-14(22)17-12-6-10-11(19-15(23)18-10)7-13(12)20-4-2-3-5-20/h6-7H,2-5,8H2,1H3,(H,16,21)(H,17,22)(H2,18,19,23). The number of hydrogen-bond acceptors (Lipinski definition) is 4. The Labute approximate surface area is 132 Å². The molecule has 2 aromatic rings. The number of carbonyl (C=O) groups is 2. The lowest BCUT2D eigenvalue weighted by molar-refractivity contribution is -0.122. The second-order valence-electron chi connectivity index (χ2n) is 5.65. The van der Waals surface area contributed by atoms with Gasteiger partial charge >= 0.3 is 5.69 Å². The summed E-state index contributed by atoms with van der Waals surface area (Å²) < 4.78 is 0. The predicted octanol–water partition coefficient (Wildman–Crippen LogP) is 0.531. The maximum atomic E-state index is 12.0. The largest absolute Gasteiger partial charge is 0.370 e. The van der Waals surface area contributed by atoms with Crippen LogP contribution in [0.3, 0.4) is 0 Å². The third kappa shape index (κ3) is 3.36. The van der Waals surface area contributed by atoms with E-state index < -0.39 is 0 Å². The smallest absolute Gasteiger partial charge is 0.323 e. The number of fused-ring (bicyclic) bond motifs is 1. The molecule has 1 aromatic carbocycles. The lowest BCUT2D eigenvalue weighted by Crippen LogP contribution is -2.31. The fourth-order valence-electron chi connectivity index (χ4n) is 2.79. The molecule has 122 valence electrons. The number of nitrogens with one attached hydrogen (secondary N) is 4. The number of carbonyl (C=O) groups excluding carboxylic acids is 2. The van der Waals surface area contributed by atoms with Crippen molar-refractivity contribution in [3.63, 3.8) is 0 Å². The number of nitrogens with zero attached hydrogens (tertiary/aromatic N) is 1. The molecule has 2 amide bonds. The van der Waals surface area contributed by atoms with Crippen LogP contribution in [0.1, 0.15) is 19.8 Å². The van der Waals surface area contributed by atoms with Gasteiger partial charge in [0.15, 0.2) is 0 Å². The highest BCUT2D eigenvalue weighted by Gasteiger charge is 2.18. The zero-order chi connectivity index (χ0) is 16.4. The summed E-state index contributed by atoms with van der Waals surface area (Å²) in [5.41, 5.74) is 2.56. The van der Waals surface area contributed by atoms with Crippen molar-refractivity contribution < 1.29 is 9.59 Å². The molecule has 2 heterocycles. The Bertz CT molecular complexity index is 801. The molecule has 0 saturated carbocycles. The van der Waals surface area contributed by atoms with Gasteiger partial charge in [-0.15, -0.1) is 0 Å². The molecule has 23 heavy (non-hydrogen) atoms. The summed E-state index contributed by atoms with van der Waals surface area (Å²) in [6.45, 7) is 3.10. The zero-order valence-electron chi connectivity index (χ0n) is 12.9. The predicted molar refractivity (Wildman–Crippen MR) is 87.7 cm³/mol. The highest BCUT2D eigenvalue weighted by Crippen LogP contribution is 2.32. The van der Waals surface area contributed by atoms with Gasteiger partial charge in [0.05, 0.1) is 29.0 Å². The van der Waals surface area contributed by atoms with Crippen molar-refractivity contribution in [2.24, 2.45) is 0 Å². The van der Waals surface area contributed by atoms with E-state index in [9.17, 15) is 14.4 Å². The Kier molecular flexibility index (Phi) is 4.05. The van der Waals surface area contributed by atoms with Crippen LogP contribution in [0.15, 0.2) is 16.9 Å². The van der Waals surface area contributed by atoms with Gasteiger partial charge in [-0.2, -0.15) is 0 Å². The van der Waals surface area contributed by atoms with E-state index in [2.05, 4.69) is 25.5 Å². The summed E-state index contributed by atoms with van der Waals surface area (Å²) in [7, 11) is 0. The van der Waals surface area contributed by atoms with Crippen LogP contribution in [0.5, 0.6) is 0 Å². The van der Waals surface area contributed by atoms with Gasteiger partial charge in [0, 0.05) is 20.0 Å². The van der Waals surface area contributed by atoms with E-state index in [4.69, 9.17) is 0 Å². The van der Waals surface area contributed by atoms with Crippen LogP contribution in [0.2, 0.25) is 0 Å².